The quantitative estimate of drug-likeness (QED) is 0.832. The van der Waals surface area contributed by atoms with Crippen molar-refractivity contribution in [3.63, 3.8) is 0 Å². The van der Waals surface area contributed by atoms with E-state index in [9.17, 15) is 13.9 Å². The standard InChI is InChI=1S/C9H9Br2F2NO.ClH/c10-4-1-5(7(14)3-8(12)13)9(15)6(11)2-4;/h1-2,7-8,15H,3,14H2;1H/t7-;/m0./s1. The molecular weight excluding hydrogens is 371 g/mol. The second kappa shape index (κ2) is 6.74. The molecule has 7 heteroatoms. The molecule has 0 bridgehead atoms. The molecule has 0 aliphatic carbocycles. The highest BCUT2D eigenvalue weighted by atomic mass is 79.9. The first kappa shape index (κ1) is 16.1. The summed E-state index contributed by atoms with van der Waals surface area (Å²) in [6.07, 6.45) is -2.96. The molecule has 0 saturated heterocycles. The van der Waals surface area contributed by atoms with E-state index in [0.29, 0.717) is 14.5 Å². The number of hydrogen-bond acceptors (Lipinski definition) is 2. The fraction of sp³-hybridized carbons (Fsp3) is 0.333. The maximum Gasteiger partial charge on any atom is 0.240 e. The minimum atomic E-state index is -2.49. The third-order valence-electron chi connectivity index (χ3n) is 1.89. The van der Waals surface area contributed by atoms with E-state index in [4.69, 9.17) is 5.73 Å². The van der Waals surface area contributed by atoms with Crippen LogP contribution in [0.5, 0.6) is 5.75 Å². The Morgan fingerprint density at radius 2 is 1.88 bits per heavy atom. The van der Waals surface area contributed by atoms with E-state index < -0.39 is 18.9 Å². The molecule has 1 aromatic rings. The van der Waals surface area contributed by atoms with Crippen molar-refractivity contribution in [2.75, 3.05) is 0 Å². The molecule has 1 atom stereocenters. The van der Waals surface area contributed by atoms with Gasteiger partial charge in [-0.15, -0.1) is 12.4 Å². The van der Waals surface area contributed by atoms with Crippen LogP contribution in [0.2, 0.25) is 0 Å². The van der Waals surface area contributed by atoms with Crippen molar-refractivity contribution in [1.29, 1.82) is 0 Å². The molecule has 0 radical (unpaired) electrons. The van der Waals surface area contributed by atoms with Gasteiger partial charge in [-0.2, -0.15) is 0 Å². The van der Waals surface area contributed by atoms with Gasteiger partial charge in [-0.25, -0.2) is 8.78 Å². The van der Waals surface area contributed by atoms with Gasteiger partial charge in [0.15, 0.2) is 0 Å². The lowest BCUT2D eigenvalue weighted by Crippen LogP contribution is -2.14. The number of nitrogens with two attached hydrogens (primary N) is 1. The lowest BCUT2D eigenvalue weighted by Gasteiger charge is -2.14. The Bertz CT molecular complexity index is 366. The monoisotopic (exact) mass is 379 g/mol. The van der Waals surface area contributed by atoms with Crippen molar-refractivity contribution in [3.05, 3.63) is 26.6 Å². The van der Waals surface area contributed by atoms with Crippen LogP contribution >= 0.6 is 44.3 Å². The highest BCUT2D eigenvalue weighted by Crippen LogP contribution is 2.35. The zero-order chi connectivity index (χ0) is 11.6. The number of halogens is 5. The number of aromatic hydroxyl groups is 1. The van der Waals surface area contributed by atoms with Crippen molar-refractivity contribution in [1.82, 2.24) is 0 Å². The number of alkyl halides is 2. The van der Waals surface area contributed by atoms with Crippen LogP contribution in [0.3, 0.4) is 0 Å². The Balaban J connectivity index is 0.00000225. The Hall–Kier alpha value is 0.0900. The van der Waals surface area contributed by atoms with Crippen LogP contribution < -0.4 is 5.73 Å². The molecule has 0 aliphatic rings. The largest absolute Gasteiger partial charge is 0.506 e. The summed E-state index contributed by atoms with van der Waals surface area (Å²) < 4.78 is 25.3. The topological polar surface area (TPSA) is 46.2 Å². The Kier molecular flexibility index (Phi) is 6.77. The average Bonchev–Trinajstić information content (AvgIpc) is 2.09. The zero-order valence-corrected chi connectivity index (χ0v) is 11.9. The molecule has 1 aromatic carbocycles. The molecule has 1 rings (SSSR count). The van der Waals surface area contributed by atoms with E-state index in [1.54, 1.807) is 6.07 Å². The third-order valence-corrected chi connectivity index (χ3v) is 2.95. The first-order valence-corrected chi connectivity index (χ1v) is 5.72. The highest BCUT2D eigenvalue weighted by Gasteiger charge is 2.18. The van der Waals surface area contributed by atoms with E-state index in [2.05, 4.69) is 31.9 Å². The minimum Gasteiger partial charge on any atom is -0.506 e. The van der Waals surface area contributed by atoms with Crippen molar-refractivity contribution in [3.8, 4) is 5.75 Å². The zero-order valence-electron chi connectivity index (χ0n) is 7.96. The summed E-state index contributed by atoms with van der Waals surface area (Å²) >= 11 is 6.31. The molecule has 92 valence electrons. The van der Waals surface area contributed by atoms with Crippen LogP contribution in [0.15, 0.2) is 21.1 Å². The van der Waals surface area contributed by atoms with E-state index in [1.807, 2.05) is 0 Å². The summed E-state index contributed by atoms with van der Waals surface area (Å²) in [6.45, 7) is 0. The second-order valence-corrected chi connectivity index (χ2v) is 4.83. The van der Waals surface area contributed by atoms with Gasteiger partial charge in [0.25, 0.3) is 0 Å². The number of hydrogen-bond donors (Lipinski definition) is 2. The smallest absolute Gasteiger partial charge is 0.240 e. The van der Waals surface area contributed by atoms with Gasteiger partial charge in [0, 0.05) is 22.5 Å². The molecule has 3 N–H and O–H groups in total. The molecule has 2 nitrogen and oxygen atoms in total. The van der Waals surface area contributed by atoms with Gasteiger partial charge in [0.1, 0.15) is 5.75 Å². The van der Waals surface area contributed by atoms with Crippen LogP contribution in [-0.2, 0) is 0 Å². The Morgan fingerprint density at radius 3 is 2.38 bits per heavy atom. The summed E-state index contributed by atoms with van der Waals surface area (Å²) in [5.41, 5.74) is 5.86. The van der Waals surface area contributed by atoms with Crippen molar-refractivity contribution in [2.24, 2.45) is 5.73 Å². The lowest BCUT2D eigenvalue weighted by molar-refractivity contribution is 0.128. The van der Waals surface area contributed by atoms with Gasteiger partial charge in [-0.3, -0.25) is 0 Å². The molecule has 0 amide bonds. The molecule has 0 aliphatic heterocycles. The van der Waals surface area contributed by atoms with Gasteiger partial charge < -0.3 is 10.8 Å². The van der Waals surface area contributed by atoms with Crippen LogP contribution in [0.1, 0.15) is 18.0 Å². The SMILES string of the molecule is Cl.N[C@@H](CC(F)F)c1cc(Br)cc(Br)c1O. The molecule has 0 aromatic heterocycles. The van der Waals surface area contributed by atoms with E-state index in [0.717, 1.165) is 0 Å². The molecule has 16 heavy (non-hydrogen) atoms. The molecule has 0 fully saturated rings. The Morgan fingerprint density at radius 1 is 1.31 bits per heavy atom. The number of rotatable bonds is 3. The Labute approximate surface area is 115 Å². The van der Waals surface area contributed by atoms with Gasteiger partial charge in [0.05, 0.1) is 4.47 Å². The fourth-order valence-corrected chi connectivity index (χ4v) is 2.45. The van der Waals surface area contributed by atoms with Crippen molar-refractivity contribution in [2.45, 2.75) is 18.9 Å². The van der Waals surface area contributed by atoms with Crippen LogP contribution in [0.25, 0.3) is 0 Å². The van der Waals surface area contributed by atoms with E-state index >= 15 is 0 Å². The molecule has 0 heterocycles. The molecule has 0 spiro atoms. The maximum absolute atomic E-state index is 12.1. The van der Waals surface area contributed by atoms with Crippen LogP contribution in [0.4, 0.5) is 8.78 Å². The predicted octanol–water partition coefficient (Wildman–Crippen LogP) is 3.99. The number of phenolic OH excluding ortho intramolecular Hbond substituents is 1. The van der Waals surface area contributed by atoms with Gasteiger partial charge in [-0.1, -0.05) is 15.9 Å². The van der Waals surface area contributed by atoms with E-state index in [-0.39, 0.29) is 18.2 Å². The highest BCUT2D eigenvalue weighted by molar-refractivity contribution is 9.11. The normalized spacial score (nSPS) is 12.4. The van der Waals surface area contributed by atoms with Gasteiger partial charge in [-0.05, 0) is 28.1 Å². The number of benzene rings is 1. The predicted molar refractivity (Wildman–Crippen MR) is 68.3 cm³/mol. The third kappa shape index (κ3) is 4.16. The van der Waals surface area contributed by atoms with Crippen LogP contribution in [0, 0.1) is 0 Å². The fourth-order valence-electron chi connectivity index (χ4n) is 1.19. The minimum absolute atomic E-state index is 0. The summed E-state index contributed by atoms with van der Waals surface area (Å²) in [5, 5.41) is 9.61. The van der Waals surface area contributed by atoms with Gasteiger partial charge in [0.2, 0.25) is 6.43 Å². The molecular formula is C9H10Br2ClF2NO. The van der Waals surface area contributed by atoms with Gasteiger partial charge >= 0.3 is 0 Å². The number of phenols is 1. The summed E-state index contributed by atoms with van der Waals surface area (Å²) in [5.74, 6) is -0.0913. The molecule has 0 unspecified atom stereocenters. The summed E-state index contributed by atoms with van der Waals surface area (Å²) in [6, 6.07) is 2.28. The van der Waals surface area contributed by atoms with E-state index in [1.165, 1.54) is 6.07 Å². The lowest BCUT2D eigenvalue weighted by atomic mass is 10.0. The second-order valence-electron chi connectivity index (χ2n) is 3.06. The van der Waals surface area contributed by atoms with Crippen LogP contribution in [-0.4, -0.2) is 11.5 Å². The average molecular weight is 381 g/mol. The summed E-state index contributed by atoms with van der Waals surface area (Å²) in [7, 11) is 0. The molecule has 0 saturated carbocycles. The first-order valence-electron chi connectivity index (χ1n) is 4.13. The first-order chi connectivity index (χ1) is 6.91. The van der Waals surface area contributed by atoms with Crippen molar-refractivity contribution < 1.29 is 13.9 Å². The maximum atomic E-state index is 12.1. The van der Waals surface area contributed by atoms with Crippen molar-refractivity contribution >= 4 is 44.3 Å². The summed E-state index contributed by atoms with van der Waals surface area (Å²) in [4.78, 5) is 0.